The molecule has 1 saturated heterocycles. The number of benzene rings is 1. The lowest BCUT2D eigenvalue weighted by Crippen LogP contribution is -2.49. The molecule has 4 nitrogen and oxygen atoms in total. The Morgan fingerprint density at radius 2 is 2.32 bits per heavy atom. The fourth-order valence-corrected chi connectivity index (χ4v) is 2.75. The van der Waals surface area contributed by atoms with Gasteiger partial charge in [0.05, 0.1) is 6.42 Å². The Bertz CT molecular complexity index is 448. The number of carbonyl (C=O) groups is 1. The molecule has 0 spiro atoms. The van der Waals surface area contributed by atoms with Crippen molar-refractivity contribution in [3.63, 3.8) is 0 Å². The number of hydrogen-bond acceptors (Lipinski definition) is 3. The number of nitrogens with two attached hydrogens (primary N) is 1. The van der Waals surface area contributed by atoms with Gasteiger partial charge in [0.25, 0.3) is 0 Å². The van der Waals surface area contributed by atoms with E-state index in [9.17, 15) is 9.90 Å². The van der Waals surface area contributed by atoms with E-state index in [-0.39, 0.29) is 17.7 Å². The van der Waals surface area contributed by atoms with Crippen molar-refractivity contribution in [1.29, 1.82) is 0 Å². The first kappa shape index (κ1) is 13.9. The maximum Gasteiger partial charge on any atom is 0.227 e. The van der Waals surface area contributed by atoms with E-state index in [1.165, 1.54) is 0 Å². The van der Waals surface area contributed by atoms with E-state index in [0.29, 0.717) is 18.9 Å². The highest BCUT2D eigenvalue weighted by Gasteiger charge is 2.28. The fourth-order valence-electron chi connectivity index (χ4n) is 2.75. The van der Waals surface area contributed by atoms with Crippen LogP contribution in [-0.2, 0) is 11.2 Å². The summed E-state index contributed by atoms with van der Waals surface area (Å²) in [5.74, 6) is 0.944. The van der Waals surface area contributed by atoms with Crippen molar-refractivity contribution in [2.75, 3.05) is 13.1 Å². The van der Waals surface area contributed by atoms with E-state index in [2.05, 4.69) is 6.92 Å². The zero-order valence-electron chi connectivity index (χ0n) is 11.4. The summed E-state index contributed by atoms with van der Waals surface area (Å²) in [6, 6.07) is 7.04. The van der Waals surface area contributed by atoms with E-state index in [0.717, 1.165) is 24.9 Å². The summed E-state index contributed by atoms with van der Waals surface area (Å²) < 4.78 is 0. The van der Waals surface area contributed by atoms with Crippen molar-refractivity contribution in [1.82, 2.24) is 4.90 Å². The van der Waals surface area contributed by atoms with Gasteiger partial charge < -0.3 is 15.7 Å². The predicted octanol–water partition coefficient (Wildman–Crippen LogP) is 1.52. The molecule has 0 aliphatic carbocycles. The molecule has 1 aliphatic rings. The number of carbonyl (C=O) groups excluding carboxylic acids is 1. The first-order valence-corrected chi connectivity index (χ1v) is 6.87. The highest BCUT2D eigenvalue weighted by atomic mass is 16.3. The van der Waals surface area contributed by atoms with Crippen LogP contribution in [0.15, 0.2) is 24.3 Å². The predicted molar refractivity (Wildman–Crippen MR) is 74.8 cm³/mol. The maximum absolute atomic E-state index is 12.3. The molecule has 3 N–H and O–H groups in total. The van der Waals surface area contributed by atoms with Crippen molar-refractivity contribution in [2.24, 2.45) is 11.7 Å². The van der Waals surface area contributed by atoms with Crippen molar-refractivity contribution < 1.29 is 9.90 Å². The van der Waals surface area contributed by atoms with Crippen LogP contribution in [0.3, 0.4) is 0 Å². The summed E-state index contributed by atoms with van der Waals surface area (Å²) in [7, 11) is 0. The summed E-state index contributed by atoms with van der Waals surface area (Å²) in [5.41, 5.74) is 6.62. The number of likely N-dealkylation sites (tertiary alicyclic amines) is 1. The number of rotatable bonds is 3. The molecule has 1 aliphatic heterocycles. The van der Waals surface area contributed by atoms with Gasteiger partial charge in [-0.2, -0.15) is 0 Å². The topological polar surface area (TPSA) is 66.6 Å². The second-order valence-corrected chi connectivity index (χ2v) is 5.45. The molecule has 2 rings (SSSR count). The second-order valence-electron chi connectivity index (χ2n) is 5.45. The van der Waals surface area contributed by atoms with Gasteiger partial charge in [-0.1, -0.05) is 19.1 Å². The van der Waals surface area contributed by atoms with Crippen LogP contribution in [0.5, 0.6) is 5.75 Å². The third kappa shape index (κ3) is 3.47. The van der Waals surface area contributed by atoms with Gasteiger partial charge in [-0.3, -0.25) is 4.79 Å². The SMILES string of the molecule is CC1CCN(C(=O)Cc2cccc(O)c2)C(CN)C1. The normalized spacial score (nSPS) is 23.4. The van der Waals surface area contributed by atoms with Gasteiger partial charge >= 0.3 is 0 Å². The number of amides is 1. The van der Waals surface area contributed by atoms with Crippen LogP contribution in [0, 0.1) is 5.92 Å². The molecule has 2 atom stereocenters. The quantitative estimate of drug-likeness (QED) is 0.868. The van der Waals surface area contributed by atoms with Crippen LogP contribution >= 0.6 is 0 Å². The molecular formula is C15H22N2O2. The van der Waals surface area contributed by atoms with Gasteiger partial charge in [-0.15, -0.1) is 0 Å². The minimum absolute atomic E-state index is 0.105. The van der Waals surface area contributed by atoms with Crippen LogP contribution in [0.1, 0.15) is 25.3 Å². The van der Waals surface area contributed by atoms with Gasteiger partial charge in [0, 0.05) is 19.1 Å². The molecule has 0 saturated carbocycles. The van der Waals surface area contributed by atoms with Gasteiger partial charge in [-0.25, -0.2) is 0 Å². The smallest absolute Gasteiger partial charge is 0.227 e. The Kier molecular flexibility index (Phi) is 4.43. The molecule has 0 aromatic heterocycles. The van der Waals surface area contributed by atoms with Gasteiger partial charge in [0.1, 0.15) is 5.75 Å². The third-order valence-corrected chi connectivity index (χ3v) is 3.84. The molecule has 19 heavy (non-hydrogen) atoms. The third-order valence-electron chi connectivity index (χ3n) is 3.84. The van der Waals surface area contributed by atoms with Crippen molar-refractivity contribution in [3.05, 3.63) is 29.8 Å². The summed E-state index contributed by atoms with van der Waals surface area (Å²) in [5, 5.41) is 9.42. The summed E-state index contributed by atoms with van der Waals surface area (Å²) in [6.45, 7) is 3.52. The Labute approximate surface area is 114 Å². The molecule has 0 radical (unpaired) electrons. The minimum atomic E-state index is 0.105. The van der Waals surface area contributed by atoms with E-state index < -0.39 is 0 Å². The molecule has 4 heteroatoms. The van der Waals surface area contributed by atoms with Crippen LogP contribution in [-0.4, -0.2) is 35.0 Å². The molecule has 1 aromatic carbocycles. The number of phenols is 1. The molecule has 1 heterocycles. The lowest BCUT2D eigenvalue weighted by molar-refractivity contribution is -0.134. The average molecular weight is 262 g/mol. The first-order valence-electron chi connectivity index (χ1n) is 6.87. The second kappa shape index (κ2) is 6.06. The van der Waals surface area contributed by atoms with Gasteiger partial charge in [0.15, 0.2) is 0 Å². The minimum Gasteiger partial charge on any atom is -0.508 e. The largest absolute Gasteiger partial charge is 0.508 e. The molecule has 2 unspecified atom stereocenters. The summed E-state index contributed by atoms with van der Waals surface area (Å²) in [6.07, 6.45) is 2.36. The molecule has 104 valence electrons. The van der Waals surface area contributed by atoms with E-state index in [4.69, 9.17) is 5.73 Å². The molecule has 1 aromatic rings. The Hall–Kier alpha value is -1.55. The highest BCUT2D eigenvalue weighted by molar-refractivity contribution is 5.79. The summed E-state index contributed by atoms with van der Waals surface area (Å²) in [4.78, 5) is 14.3. The summed E-state index contributed by atoms with van der Waals surface area (Å²) >= 11 is 0. The lowest BCUT2D eigenvalue weighted by Gasteiger charge is -2.38. The van der Waals surface area contributed by atoms with Crippen LogP contribution in [0.4, 0.5) is 0 Å². The van der Waals surface area contributed by atoms with E-state index in [1.54, 1.807) is 18.2 Å². The van der Waals surface area contributed by atoms with E-state index >= 15 is 0 Å². The number of nitrogens with zero attached hydrogens (tertiary/aromatic N) is 1. The standard InChI is InChI=1S/C15H22N2O2/c1-11-5-6-17(13(7-11)10-16)15(19)9-12-3-2-4-14(18)8-12/h2-4,8,11,13,18H,5-7,9-10,16H2,1H3. The first-order chi connectivity index (χ1) is 9.10. The Morgan fingerprint density at radius 3 is 3.00 bits per heavy atom. The van der Waals surface area contributed by atoms with Crippen LogP contribution < -0.4 is 5.73 Å². The lowest BCUT2D eigenvalue weighted by atomic mass is 9.92. The monoisotopic (exact) mass is 262 g/mol. The number of piperidine rings is 1. The van der Waals surface area contributed by atoms with E-state index in [1.807, 2.05) is 11.0 Å². The molecule has 0 bridgehead atoms. The van der Waals surface area contributed by atoms with Crippen molar-refractivity contribution in [2.45, 2.75) is 32.2 Å². The maximum atomic E-state index is 12.3. The zero-order valence-corrected chi connectivity index (χ0v) is 11.4. The number of hydrogen-bond donors (Lipinski definition) is 2. The van der Waals surface area contributed by atoms with Gasteiger partial charge in [0.2, 0.25) is 5.91 Å². The molecular weight excluding hydrogens is 240 g/mol. The number of aromatic hydroxyl groups is 1. The van der Waals surface area contributed by atoms with Crippen molar-refractivity contribution >= 4 is 5.91 Å². The molecule has 1 fully saturated rings. The Morgan fingerprint density at radius 1 is 1.53 bits per heavy atom. The molecule has 1 amide bonds. The van der Waals surface area contributed by atoms with Crippen LogP contribution in [0.25, 0.3) is 0 Å². The zero-order chi connectivity index (χ0) is 13.8. The fraction of sp³-hybridized carbons (Fsp3) is 0.533. The number of phenolic OH excluding ortho intramolecular Hbond substituents is 1. The highest BCUT2D eigenvalue weighted by Crippen LogP contribution is 2.23. The van der Waals surface area contributed by atoms with Crippen LogP contribution in [0.2, 0.25) is 0 Å². The average Bonchev–Trinajstić information content (AvgIpc) is 2.38. The van der Waals surface area contributed by atoms with Crippen molar-refractivity contribution in [3.8, 4) is 5.75 Å². The Balaban J connectivity index is 2.02. The van der Waals surface area contributed by atoms with Gasteiger partial charge in [-0.05, 0) is 36.5 Å².